The highest BCUT2D eigenvalue weighted by Crippen LogP contribution is 2.43. The summed E-state index contributed by atoms with van der Waals surface area (Å²) < 4.78 is 0. The maximum absolute atomic E-state index is 10.0. The molecule has 3 fully saturated rings. The van der Waals surface area contributed by atoms with Gasteiger partial charge in [-0.2, -0.15) is 0 Å². The van der Waals surface area contributed by atoms with Crippen LogP contribution in [0.3, 0.4) is 0 Å². The van der Waals surface area contributed by atoms with Crippen LogP contribution in [-0.4, -0.2) is 23.8 Å². The van der Waals surface area contributed by atoms with Crippen LogP contribution in [0.4, 0.5) is 0 Å². The van der Waals surface area contributed by atoms with Crippen LogP contribution in [-0.2, 0) is 0 Å². The van der Waals surface area contributed by atoms with Crippen molar-refractivity contribution >= 4 is 0 Å². The summed E-state index contributed by atoms with van der Waals surface area (Å²) in [7, 11) is 0. The van der Waals surface area contributed by atoms with Gasteiger partial charge in [-0.1, -0.05) is 25.7 Å². The van der Waals surface area contributed by atoms with Crippen LogP contribution in [0.25, 0.3) is 0 Å². The van der Waals surface area contributed by atoms with Crippen molar-refractivity contribution in [3.05, 3.63) is 0 Å². The summed E-state index contributed by atoms with van der Waals surface area (Å²) in [5, 5.41) is 13.8. The number of hydrogen-bond acceptors (Lipinski definition) is 2. The summed E-state index contributed by atoms with van der Waals surface area (Å²) in [6.07, 6.45) is 13.4. The highest BCUT2D eigenvalue weighted by atomic mass is 16.3. The Hall–Kier alpha value is -0.0800. The first-order valence-corrected chi connectivity index (χ1v) is 8.24. The first kappa shape index (κ1) is 12.9. The van der Waals surface area contributed by atoms with E-state index in [1.54, 1.807) is 0 Å². The third-order valence-corrected chi connectivity index (χ3v) is 5.54. The molecule has 4 atom stereocenters. The van der Waals surface area contributed by atoms with Crippen molar-refractivity contribution in [3.8, 4) is 0 Å². The summed E-state index contributed by atoms with van der Waals surface area (Å²) >= 11 is 0. The Labute approximate surface area is 112 Å². The molecule has 0 heterocycles. The van der Waals surface area contributed by atoms with E-state index in [4.69, 9.17) is 0 Å². The van der Waals surface area contributed by atoms with E-state index in [-0.39, 0.29) is 6.10 Å². The third kappa shape index (κ3) is 3.27. The van der Waals surface area contributed by atoms with Crippen molar-refractivity contribution in [2.75, 3.05) is 6.54 Å². The molecule has 0 aromatic carbocycles. The Bertz CT molecular complexity index is 264. The van der Waals surface area contributed by atoms with Gasteiger partial charge in [0.2, 0.25) is 0 Å². The van der Waals surface area contributed by atoms with E-state index < -0.39 is 0 Å². The second kappa shape index (κ2) is 5.92. The van der Waals surface area contributed by atoms with Crippen molar-refractivity contribution < 1.29 is 5.11 Å². The number of aliphatic hydroxyl groups is 1. The van der Waals surface area contributed by atoms with Crippen molar-refractivity contribution in [3.63, 3.8) is 0 Å². The maximum Gasteiger partial charge on any atom is 0.0580 e. The topological polar surface area (TPSA) is 32.3 Å². The number of nitrogens with one attached hydrogen (secondary N) is 1. The minimum Gasteiger partial charge on any atom is -0.393 e. The largest absolute Gasteiger partial charge is 0.393 e. The molecule has 0 bridgehead atoms. The van der Waals surface area contributed by atoms with E-state index >= 15 is 0 Å². The van der Waals surface area contributed by atoms with Gasteiger partial charge in [0.1, 0.15) is 0 Å². The summed E-state index contributed by atoms with van der Waals surface area (Å²) in [5.74, 6) is 2.63. The van der Waals surface area contributed by atoms with Gasteiger partial charge in [-0.3, -0.25) is 0 Å². The molecule has 3 aliphatic carbocycles. The molecule has 2 nitrogen and oxygen atoms in total. The molecule has 0 spiro atoms. The molecular weight excluding hydrogens is 222 g/mol. The Morgan fingerprint density at radius 2 is 1.67 bits per heavy atom. The van der Waals surface area contributed by atoms with Crippen LogP contribution in [0, 0.1) is 17.8 Å². The summed E-state index contributed by atoms with van der Waals surface area (Å²) in [4.78, 5) is 0. The molecule has 0 aromatic rings. The number of aliphatic hydroxyl groups excluding tert-OH is 1. The Morgan fingerprint density at radius 3 is 2.44 bits per heavy atom. The Morgan fingerprint density at radius 1 is 0.833 bits per heavy atom. The fourth-order valence-electron chi connectivity index (χ4n) is 4.15. The summed E-state index contributed by atoms with van der Waals surface area (Å²) in [6, 6.07) is 0.749. The number of rotatable bonds is 4. The van der Waals surface area contributed by atoms with Crippen molar-refractivity contribution in [1.29, 1.82) is 0 Å². The Balaban J connectivity index is 1.41. The third-order valence-electron chi connectivity index (χ3n) is 5.54. The average Bonchev–Trinajstić information content (AvgIpc) is 3.23. The summed E-state index contributed by atoms with van der Waals surface area (Å²) in [6.45, 7) is 1.06. The van der Waals surface area contributed by atoms with E-state index in [0.29, 0.717) is 5.92 Å². The SMILES string of the molecule is OC1CCCCC1CNC1CCCC(C2CC2)C1. The van der Waals surface area contributed by atoms with E-state index in [0.717, 1.165) is 30.8 Å². The van der Waals surface area contributed by atoms with E-state index in [9.17, 15) is 5.11 Å². The van der Waals surface area contributed by atoms with Gasteiger partial charge in [0.05, 0.1) is 6.10 Å². The van der Waals surface area contributed by atoms with Crippen molar-refractivity contribution in [2.24, 2.45) is 17.8 Å². The van der Waals surface area contributed by atoms with Gasteiger partial charge in [-0.15, -0.1) is 0 Å². The van der Waals surface area contributed by atoms with Crippen LogP contribution in [0.15, 0.2) is 0 Å². The zero-order chi connectivity index (χ0) is 12.4. The normalized spacial score (nSPS) is 41.8. The van der Waals surface area contributed by atoms with Gasteiger partial charge >= 0.3 is 0 Å². The average molecular weight is 251 g/mol. The van der Waals surface area contributed by atoms with E-state index in [2.05, 4.69) is 5.32 Å². The van der Waals surface area contributed by atoms with Crippen LogP contribution in [0.1, 0.15) is 64.2 Å². The lowest BCUT2D eigenvalue weighted by atomic mass is 9.82. The van der Waals surface area contributed by atoms with Gasteiger partial charge in [-0.05, 0) is 56.3 Å². The molecule has 18 heavy (non-hydrogen) atoms. The van der Waals surface area contributed by atoms with Crippen molar-refractivity contribution in [2.45, 2.75) is 76.4 Å². The van der Waals surface area contributed by atoms with Crippen molar-refractivity contribution in [1.82, 2.24) is 5.32 Å². The van der Waals surface area contributed by atoms with Gasteiger partial charge in [0, 0.05) is 12.6 Å². The van der Waals surface area contributed by atoms with Crippen LogP contribution in [0.5, 0.6) is 0 Å². The van der Waals surface area contributed by atoms with Gasteiger partial charge in [0.15, 0.2) is 0 Å². The summed E-state index contributed by atoms with van der Waals surface area (Å²) in [5.41, 5.74) is 0. The van der Waals surface area contributed by atoms with Crippen LogP contribution in [0.2, 0.25) is 0 Å². The monoisotopic (exact) mass is 251 g/mol. The predicted molar refractivity (Wildman–Crippen MR) is 74.4 cm³/mol. The lowest BCUT2D eigenvalue weighted by molar-refractivity contribution is 0.0664. The van der Waals surface area contributed by atoms with Gasteiger partial charge < -0.3 is 10.4 Å². The van der Waals surface area contributed by atoms with E-state index in [1.807, 2.05) is 0 Å². The molecule has 2 N–H and O–H groups in total. The minimum absolute atomic E-state index is 0.0333. The molecule has 3 rings (SSSR count). The lowest BCUT2D eigenvalue weighted by Crippen LogP contribution is -2.41. The number of hydrogen-bond donors (Lipinski definition) is 2. The molecule has 0 aliphatic heterocycles. The second-order valence-corrected chi connectivity index (χ2v) is 6.98. The molecule has 4 unspecified atom stereocenters. The standard InChI is InChI=1S/C16H29NO/c18-16-7-2-1-4-14(16)11-17-15-6-3-5-13(10-15)12-8-9-12/h12-18H,1-11H2. The highest BCUT2D eigenvalue weighted by molar-refractivity contribution is 4.88. The fourth-order valence-corrected chi connectivity index (χ4v) is 4.15. The molecule has 0 amide bonds. The first-order valence-electron chi connectivity index (χ1n) is 8.24. The zero-order valence-electron chi connectivity index (χ0n) is 11.6. The Kier molecular flexibility index (Phi) is 4.25. The smallest absolute Gasteiger partial charge is 0.0580 e. The molecule has 104 valence electrons. The quantitative estimate of drug-likeness (QED) is 0.804. The first-order chi connectivity index (χ1) is 8.83. The van der Waals surface area contributed by atoms with Crippen LogP contribution >= 0.6 is 0 Å². The van der Waals surface area contributed by atoms with Crippen LogP contribution < -0.4 is 5.32 Å². The molecule has 2 heteroatoms. The molecule has 0 radical (unpaired) electrons. The molecule has 3 aliphatic rings. The van der Waals surface area contributed by atoms with Gasteiger partial charge in [-0.25, -0.2) is 0 Å². The molecule has 0 saturated heterocycles. The highest BCUT2D eigenvalue weighted by Gasteiger charge is 2.34. The minimum atomic E-state index is -0.0333. The molecular formula is C16H29NO. The second-order valence-electron chi connectivity index (χ2n) is 6.98. The molecule has 0 aromatic heterocycles. The van der Waals surface area contributed by atoms with Gasteiger partial charge in [0.25, 0.3) is 0 Å². The maximum atomic E-state index is 10.0. The zero-order valence-corrected chi connectivity index (χ0v) is 11.6. The van der Waals surface area contributed by atoms with E-state index in [1.165, 1.54) is 57.8 Å². The predicted octanol–water partition coefficient (Wildman–Crippen LogP) is 3.10. The molecule has 3 saturated carbocycles. The lowest BCUT2D eigenvalue weighted by Gasteiger charge is -2.33. The fraction of sp³-hybridized carbons (Fsp3) is 1.00.